The Morgan fingerprint density at radius 3 is 2.71 bits per heavy atom. The highest BCUT2D eigenvalue weighted by molar-refractivity contribution is 5.86. The molecule has 0 saturated heterocycles. The lowest BCUT2D eigenvalue weighted by molar-refractivity contribution is -0.125. The molecule has 1 heterocycles. The molecule has 0 radical (unpaired) electrons. The number of aliphatic hydroxyl groups is 1. The molecule has 8 heteroatoms. The second-order valence-electron chi connectivity index (χ2n) is 3.08. The van der Waals surface area contributed by atoms with E-state index in [1.54, 1.807) is 0 Å². The Balaban J connectivity index is 2.57. The van der Waals surface area contributed by atoms with Gasteiger partial charge in [-0.1, -0.05) is 0 Å². The number of amides is 1. The number of hydrogen-bond acceptors (Lipinski definition) is 7. The predicted molar refractivity (Wildman–Crippen MR) is 57.1 cm³/mol. The van der Waals surface area contributed by atoms with Crippen LogP contribution in [0.1, 0.15) is 10.5 Å². The summed E-state index contributed by atoms with van der Waals surface area (Å²) in [5.41, 5.74) is 4.92. The molecule has 1 amide bonds. The molecule has 1 atom stereocenters. The maximum absolute atomic E-state index is 11.0. The lowest BCUT2D eigenvalue weighted by atomic mass is 10.3. The van der Waals surface area contributed by atoms with E-state index in [9.17, 15) is 9.59 Å². The molecule has 0 saturated carbocycles. The average molecular weight is 240 g/mol. The first kappa shape index (κ1) is 12.8. The molecule has 1 aromatic heterocycles. The van der Waals surface area contributed by atoms with Crippen molar-refractivity contribution in [1.82, 2.24) is 9.97 Å². The summed E-state index contributed by atoms with van der Waals surface area (Å²) in [6.45, 7) is -0.0818. The molecule has 8 nitrogen and oxygen atoms in total. The van der Waals surface area contributed by atoms with Crippen molar-refractivity contribution in [2.45, 2.75) is 6.10 Å². The van der Waals surface area contributed by atoms with Crippen LogP contribution in [0.2, 0.25) is 0 Å². The fourth-order valence-electron chi connectivity index (χ4n) is 0.931. The summed E-state index contributed by atoms with van der Waals surface area (Å²) in [6, 6.07) is 0. The van der Waals surface area contributed by atoms with Crippen LogP contribution >= 0.6 is 0 Å². The van der Waals surface area contributed by atoms with Gasteiger partial charge in [-0.05, 0) is 0 Å². The van der Waals surface area contributed by atoms with Crippen molar-refractivity contribution in [3.05, 3.63) is 18.1 Å². The number of aromatic nitrogens is 2. The van der Waals surface area contributed by atoms with E-state index in [0.717, 1.165) is 0 Å². The van der Waals surface area contributed by atoms with Gasteiger partial charge in [-0.3, -0.25) is 4.79 Å². The minimum atomic E-state index is -1.31. The maximum Gasteiger partial charge on any atom is 0.358 e. The van der Waals surface area contributed by atoms with Crippen LogP contribution in [-0.4, -0.2) is 46.7 Å². The third-order valence-electron chi connectivity index (χ3n) is 1.85. The van der Waals surface area contributed by atoms with Crippen LogP contribution in [-0.2, 0) is 9.53 Å². The number of carbonyl (C=O) groups excluding carboxylic acids is 2. The highest BCUT2D eigenvalue weighted by Gasteiger charge is 2.11. The summed E-state index contributed by atoms with van der Waals surface area (Å²) in [4.78, 5) is 29.2. The molecule has 17 heavy (non-hydrogen) atoms. The van der Waals surface area contributed by atoms with Gasteiger partial charge in [-0.2, -0.15) is 0 Å². The van der Waals surface area contributed by atoms with Crippen LogP contribution < -0.4 is 11.1 Å². The fourth-order valence-corrected chi connectivity index (χ4v) is 0.931. The van der Waals surface area contributed by atoms with Crippen molar-refractivity contribution in [1.29, 1.82) is 0 Å². The Morgan fingerprint density at radius 2 is 2.24 bits per heavy atom. The smallest absolute Gasteiger partial charge is 0.358 e. The number of nitrogens with two attached hydrogens (primary N) is 1. The summed E-state index contributed by atoms with van der Waals surface area (Å²) in [6.07, 6.45) is 1.18. The second kappa shape index (κ2) is 5.75. The number of ether oxygens (including phenoxy) is 1. The molecule has 0 aromatic carbocycles. The Kier molecular flexibility index (Phi) is 4.35. The minimum Gasteiger partial charge on any atom is -0.464 e. The van der Waals surface area contributed by atoms with Crippen LogP contribution in [0, 0.1) is 0 Å². The van der Waals surface area contributed by atoms with Crippen LogP contribution in [0.5, 0.6) is 0 Å². The molecule has 1 aromatic rings. The lowest BCUT2D eigenvalue weighted by Gasteiger charge is -2.08. The van der Waals surface area contributed by atoms with Gasteiger partial charge >= 0.3 is 5.97 Å². The van der Waals surface area contributed by atoms with E-state index >= 15 is 0 Å². The molecular formula is C9H12N4O4. The van der Waals surface area contributed by atoms with E-state index in [0.29, 0.717) is 5.82 Å². The van der Waals surface area contributed by atoms with E-state index < -0.39 is 18.0 Å². The third-order valence-corrected chi connectivity index (χ3v) is 1.85. The van der Waals surface area contributed by atoms with Gasteiger partial charge in [0, 0.05) is 0 Å². The van der Waals surface area contributed by atoms with Crippen LogP contribution in [0.4, 0.5) is 5.82 Å². The highest BCUT2D eigenvalue weighted by Crippen LogP contribution is 2.02. The summed E-state index contributed by atoms with van der Waals surface area (Å²) >= 11 is 0. The van der Waals surface area contributed by atoms with Gasteiger partial charge in [0.25, 0.3) is 0 Å². The zero-order valence-corrected chi connectivity index (χ0v) is 9.08. The van der Waals surface area contributed by atoms with E-state index in [-0.39, 0.29) is 12.2 Å². The molecule has 1 rings (SSSR count). The molecule has 0 bridgehead atoms. The molecule has 1 unspecified atom stereocenters. The van der Waals surface area contributed by atoms with Gasteiger partial charge < -0.3 is 20.9 Å². The first-order chi connectivity index (χ1) is 8.04. The molecule has 0 aliphatic carbocycles. The number of nitrogens with one attached hydrogen (secondary N) is 1. The average Bonchev–Trinajstić information content (AvgIpc) is 2.35. The van der Waals surface area contributed by atoms with Crippen molar-refractivity contribution in [2.24, 2.45) is 5.73 Å². The highest BCUT2D eigenvalue weighted by atomic mass is 16.5. The Hall–Kier alpha value is -2.22. The topological polar surface area (TPSA) is 127 Å². The first-order valence-electron chi connectivity index (χ1n) is 4.66. The van der Waals surface area contributed by atoms with Crippen molar-refractivity contribution in [3.8, 4) is 0 Å². The number of aliphatic hydroxyl groups excluding tert-OH is 1. The summed E-state index contributed by atoms with van der Waals surface area (Å²) in [7, 11) is 1.24. The van der Waals surface area contributed by atoms with E-state index in [2.05, 4.69) is 20.0 Å². The molecule has 4 N–H and O–H groups in total. The van der Waals surface area contributed by atoms with Crippen molar-refractivity contribution in [2.75, 3.05) is 19.0 Å². The van der Waals surface area contributed by atoms with Crippen molar-refractivity contribution in [3.63, 3.8) is 0 Å². The maximum atomic E-state index is 11.0. The number of nitrogens with zero attached hydrogens (tertiary/aromatic N) is 2. The quantitative estimate of drug-likeness (QED) is 0.535. The van der Waals surface area contributed by atoms with Gasteiger partial charge in [-0.25, -0.2) is 14.8 Å². The van der Waals surface area contributed by atoms with Crippen LogP contribution in [0.25, 0.3) is 0 Å². The van der Waals surface area contributed by atoms with Gasteiger partial charge in [0.15, 0.2) is 5.69 Å². The summed E-state index contributed by atoms with van der Waals surface area (Å²) in [5, 5.41) is 11.7. The fraction of sp³-hybridized carbons (Fsp3) is 0.333. The molecule has 0 spiro atoms. The number of carbonyl (C=O) groups is 2. The SMILES string of the molecule is COC(=O)c1cnc(NCC(O)C(N)=O)cn1. The first-order valence-corrected chi connectivity index (χ1v) is 4.66. The Labute approximate surface area is 96.8 Å². The number of rotatable bonds is 5. The van der Waals surface area contributed by atoms with E-state index in [4.69, 9.17) is 10.8 Å². The van der Waals surface area contributed by atoms with Gasteiger partial charge in [0.1, 0.15) is 11.9 Å². The van der Waals surface area contributed by atoms with E-state index in [1.165, 1.54) is 19.5 Å². The van der Waals surface area contributed by atoms with Crippen LogP contribution in [0.3, 0.4) is 0 Å². The van der Waals surface area contributed by atoms with Crippen molar-refractivity contribution < 1.29 is 19.4 Å². The van der Waals surface area contributed by atoms with E-state index in [1.807, 2.05) is 0 Å². The van der Waals surface area contributed by atoms with Gasteiger partial charge in [0.2, 0.25) is 5.91 Å². The Bertz CT molecular complexity index is 406. The summed E-state index contributed by atoms with van der Waals surface area (Å²) < 4.78 is 4.44. The molecule has 0 aliphatic rings. The predicted octanol–water partition coefficient (Wildman–Crippen LogP) is -1.48. The van der Waals surface area contributed by atoms with Gasteiger partial charge in [-0.15, -0.1) is 0 Å². The standard InChI is InChI=1S/C9H12N4O4/c1-17-9(16)5-2-12-7(4-11-5)13-3-6(14)8(10)15/h2,4,6,14H,3H2,1H3,(H2,10,15)(H,12,13). The van der Waals surface area contributed by atoms with Crippen molar-refractivity contribution >= 4 is 17.7 Å². The van der Waals surface area contributed by atoms with Gasteiger partial charge in [0.05, 0.1) is 26.0 Å². The monoisotopic (exact) mass is 240 g/mol. The number of methoxy groups -OCH3 is 1. The van der Waals surface area contributed by atoms with Crippen LogP contribution in [0.15, 0.2) is 12.4 Å². The molecule has 92 valence electrons. The number of anilines is 1. The number of esters is 1. The largest absolute Gasteiger partial charge is 0.464 e. The lowest BCUT2D eigenvalue weighted by Crippen LogP contribution is -2.34. The second-order valence-corrected chi connectivity index (χ2v) is 3.08. The third kappa shape index (κ3) is 3.68. The normalized spacial score (nSPS) is 11.6. The summed E-state index contributed by atoms with van der Waals surface area (Å²) in [5.74, 6) is -1.13. The minimum absolute atomic E-state index is 0.0634. The zero-order chi connectivity index (χ0) is 12.8. The zero-order valence-electron chi connectivity index (χ0n) is 9.08. The molecule has 0 aliphatic heterocycles. The number of hydrogen-bond donors (Lipinski definition) is 3. The number of primary amides is 1. The Morgan fingerprint density at radius 1 is 1.53 bits per heavy atom. The molecule has 0 fully saturated rings. The molecular weight excluding hydrogens is 228 g/mol.